The molecule has 1 atom stereocenters. The SMILES string of the molecule is CC(C)COC(=O)[C@H](C)Nc1cccc2ccccc12. The molecule has 0 aliphatic heterocycles. The summed E-state index contributed by atoms with van der Waals surface area (Å²) in [5, 5.41) is 5.50. The molecule has 0 heterocycles. The summed E-state index contributed by atoms with van der Waals surface area (Å²) in [4.78, 5) is 11.9. The van der Waals surface area contributed by atoms with E-state index in [9.17, 15) is 4.79 Å². The van der Waals surface area contributed by atoms with Crippen LogP contribution in [0.4, 0.5) is 5.69 Å². The minimum absolute atomic E-state index is 0.216. The summed E-state index contributed by atoms with van der Waals surface area (Å²) in [5.41, 5.74) is 0.956. The van der Waals surface area contributed by atoms with Crippen molar-refractivity contribution in [2.45, 2.75) is 26.8 Å². The molecule has 0 aromatic heterocycles. The number of carbonyl (C=O) groups is 1. The van der Waals surface area contributed by atoms with E-state index in [1.807, 2.05) is 51.1 Å². The van der Waals surface area contributed by atoms with Crippen molar-refractivity contribution in [1.82, 2.24) is 0 Å². The second kappa shape index (κ2) is 6.42. The van der Waals surface area contributed by atoms with Crippen LogP contribution < -0.4 is 5.32 Å². The van der Waals surface area contributed by atoms with Crippen molar-refractivity contribution in [1.29, 1.82) is 0 Å². The highest BCUT2D eigenvalue weighted by Crippen LogP contribution is 2.23. The Morgan fingerprint density at radius 3 is 2.55 bits per heavy atom. The Morgan fingerprint density at radius 2 is 1.80 bits per heavy atom. The maximum atomic E-state index is 11.9. The smallest absolute Gasteiger partial charge is 0.328 e. The third-order valence-corrected chi connectivity index (χ3v) is 3.07. The summed E-state index contributed by atoms with van der Waals surface area (Å²) in [6, 6.07) is 13.8. The Balaban J connectivity index is 2.10. The van der Waals surface area contributed by atoms with E-state index in [1.165, 1.54) is 0 Å². The lowest BCUT2D eigenvalue weighted by Gasteiger charge is -2.16. The lowest BCUT2D eigenvalue weighted by molar-refractivity contribution is -0.145. The van der Waals surface area contributed by atoms with Crippen LogP contribution in [0.25, 0.3) is 10.8 Å². The molecule has 0 radical (unpaired) electrons. The van der Waals surface area contributed by atoms with E-state index in [4.69, 9.17) is 4.74 Å². The zero-order chi connectivity index (χ0) is 14.5. The van der Waals surface area contributed by atoms with Gasteiger partial charge >= 0.3 is 5.97 Å². The Morgan fingerprint density at radius 1 is 1.10 bits per heavy atom. The summed E-state index contributed by atoms with van der Waals surface area (Å²) in [6.45, 7) is 6.33. The van der Waals surface area contributed by atoms with Gasteiger partial charge in [0.25, 0.3) is 0 Å². The van der Waals surface area contributed by atoms with Crippen LogP contribution >= 0.6 is 0 Å². The third kappa shape index (κ3) is 3.50. The number of ether oxygens (including phenoxy) is 1. The molecular weight excluding hydrogens is 250 g/mol. The van der Waals surface area contributed by atoms with E-state index in [-0.39, 0.29) is 12.0 Å². The summed E-state index contributed by atoms with van der Waals surface area (Å²) < 4.78 is 5.25. The maximum Gasteiger partial charge on any atom is 0.328 e. The van der Waals surface area contributed by atoms with Gasteiger partial charge in [0.2, 0.25) is 0 Å². The van der Waals surface area contributed by atoms with E-state index in [0.29, 0.717) is 12.5 Å². The van der Waals surface area contributed by atoms with Crippen LogP contribution in [0.15, 0.2) is 42.5 Å². The van der Waals surface area contributed by atoms with Crippen molar-refractivity contribution >= 4 is 22.4 Å². The molecule has 0 spiro atoms. The average molecular weight is 271 g/mol. The number of carbonyl (C=O) groups excluding carboxylic acids is 1. The van der Waals surface area contributed by atoms with Crippen LogP contribution in [0.3, 0.4) is 0 Å². The number of fused-ring (bicyclic) bond motifs is 1. The van der Waals surface area contributed by atoms with Gasteiger partial charge in [-0.3, -0.25) is 0 Å². The third-order valence-electron chi connectivity index (χ3n) is 3.07. The van der Waals surface area contributed by atoms with Crippen LogP contribution in [-0.2, 0) is 9.53 Å². The monoisotopic (exact) mass is 271 g/mol. The molecule has 3 nitrogen and oxygen atoms in total. The van der Waals surface area contributed by atoms with Gasteiger partial charge in [0.05, 0.1) is 6.61 Å². The van der Waals surface area contributed by atoms with Gasteiger partial charge in [-0.25, -0.2) is 4.79 Å². The number of nitrogens with one attached hydrogen (secondary N) is 1. The van der Waals surface area contributed by atoms with Gasteiger partial charge < -0.3 is 10.1 Å². The number of hydrogen-bond acceptors (Lipinski definition) is 3. The molecule has 106 valence electrons. The molecule has 0 unspecified atom stereocenters. The van der Waals surface area contributed by atoms with Crippen molar-refractivity contribution in [3.63, 3.8) is 0 Å². The van der Waals surface area contributed by atoms with Gasteiger partial charge in [0.15, 0.2) is 0 Å². The number of hydrogen-bond donors (Lipinski definition) is 1. The normalized spacial score (nSPS) is 12.4. The molecule has 0 saturated carbocycles. The first-order valence-electron chi connectivity index (χ1n) is 6.99. The summed E-state index contributed by atoms with van der Waals surface area (Å²) in [6.07, 6.45) is 0. The van der Waals surface area contributed by atoms with Crippen molar-refractivity contribution in [3.05, 3.63) is 42.5 Å². The van der Waals surface area contributed by atoms with Crippen LogP contribution in [0, 0.1) is 5.92 Å². The van der Waals surface area contributed by atoms with Gasteiger partial charge in [0.1, 0.15) is 6.04 Å². The second-order valence-corrected chi connectivity index (χ2v) is 5.42. The molecular formula is C17H21NO2. The van der Waals surface area contributed by atoms with Gasteiger partial charge in [-0.05, 0) is 24.3 Å². The molecule has 0 saturated heterocycles. The number of benzene rings is 2. The van der Waals surface area contributed by atoms with Crippen LogP contribution in [0.1, 0.15) is 20.8 Å². The molecule has 1 N–H and O–H groups in total. The van der Waals surface area contributed by atoms with E-state index in [2.05, 4.69) is 17.4 Å². The lowest BCUT2D eigenvalue weighted by atomic mass is 10.1. The number of esters is 1. The summed E-state index contributed by atoms with van der Waals surface area (Å²) >= 11 is 0. The van der Waals surface area contributed by atoms with E-state index in [0.717, 1.165) is 16.5 Å². The Kier molecular flexibility index (Phi) is 4.61. The summed E-state index contributed by atoms with van der Waals surface area (Å²) in [7, 11) is 0. The van der Waals surface area contributed by atoms with Gasteiger partial charge in [-0.1, -0.05) is 50.2 Å². The second-order valence-electron chi connectivity index (χ2n) is 5.42. The van der Waals surface area contributed by atoms with Crippen LogP contribution in [0.2, 0.25) is 0 Å². The first-order chi connectivity index (χ1) is 9.58. The van der Waals surface area contributed by atoms with E-state index >= 15 is 0 Å². The van der Waals surface area contributed by atoms with Crippen molar-refractivity contribution in [2.24, 2.45) is 5.92 Å². The first-order valence-corrected chi connectivity index (χ1v) is 6.99. The molecule has 0 aliphatic carbocycles. The molecule has 2 aromatic rings. The first kappa shape index (κ1) is 14.4. The standard InChI is InChI=1S/C17H21NO2/c1-12(2)11-20-17(19)13(3)18-16-10-6-8-14-7-4-5-9-15(14)16/h4-10,12-13,18H,11H2,1-3H3/t13-/m0/s1. The van der Waals surface area contributed by atoms with Gasteiger partial charge in [-0.15, -0.1) is 0 Å². The predicted molar refractivity (Wildman–Crippen MR) is 82.8 cm³/mol. The molecule has 3 heteroatoms. The van der Waals surface area contributed by atoms with Crippen molar-refractivity contribution in [3.8, 4) is 0 Å². The Bertz CT molecular complexity index is 587. The number of anilines is 1. The molecule has 0 aliphatic rings. The minimum atomic E-state index is -0.362. The average Bonchev–Trinajstić information content (AvgIpc) is 2.45. The summed E-state index contributed by atoms with van der Waals surface area (Å²) in [5.74, 6) is 0.135. The largest absolute Gasteiger partial charge is 0.464 e. The topological polar surface area (TPSA) is 38.3 Å². The molecule has 0 fully saturated rings. The zero-order valence-electron chi connectivity index (χ0n) is 12.2. The molecule has 2 rings (SSSR count). The Hall–Kier alpha value is -2.03. The van der Waals surface area contributed by atoms with Crippen LogP contribution in [0.5, 0.6) is 0 Å². The van der Waals surface area contributed by atoms with Crippen molar-refractivity contribution in [2.75, 3.05) is 11.9 Å². The minimum Gasteiger partial charge on any atom is -0.464 e. The van der Waals surface area contributed by atoms with Gasteiger partial charge in [-0.2, -0.15) is 0 Å². The fraction of sp³-hybridized carbons (Fsp3) is 0.353. The highest BCUT2D eigenvalue weighted by molar-refractivity contribution is 5.95. The predicted octanol–water partition coefficient (Wildman–Crippen LogP) is 3.84. The molecule has 2 aromatic carbocycles. The van der Waals surface area contributed by atoms with E-state index < -0.39 is 0 Å². The zero-order valence-corrected chi connectivity index (χ0v) is 12.2. The fourth-order valence-corrected chi connectivity index (χ4v) is 2.02. The quantitative estimate of drug-likeness (QED) is 0.840. The maximum absolute atomic E-state index is 11.9. The van der Waals surface area contributed by atoms with Gasteiger partial charge in [0, 0.05) is 11.1 Å². The molecule has 0 amide bonds. The van der Waals surface area contributed by atoms with E-state index in [1.54, 1.807) is 0 Å². The Labute approximate surface area is 119 Å². The molecule has 20 heavy (non-hydrogen) atoms. The van der Waals surface area contributed by atoms with Crippen molar-refractivity contribution < 1.29 is 9.53 Å². The lowest BCUT2D eigenvalue weighted by Crippen LogP contribution is -2.29. The highest BCUT2D eigenvalue weighted by atomic mass is 16.5. The molecule has 0 bridgehead atoms. The highest BCUT2D eigenvalue weighted by Gasteiger charge is 2.15. The van der Waals surface area contributed by atoms with Crippen LogP contribution in [-0.4, -0.2) is 18.6 Å². The number of rotatable bonds is 5. The fourth-order valence-electron chi connectivity index (χ4n) is 2.02.